The maximum Gasteiger partial charge on any atom is 0.459 e. The summed E-state index contributed by atoms with van der Waals surface area (Å²) in [5.41, 5.74) is 0.307. The number of ether oxygens (including phenoxy) is 1. The lowest BCUT2D eigenvalue weighted by molar-refractivity contribution is -0.203. The predicted octanol–water partition coefficient (Wildman–Crippen LogP) is 8.08. The van der Waals surface area contributed by atoms with Crippen LogP contribution in [-0.2, 0) is 18.6 Å². The van der Waals surface area contributed by atoms with Crippen LogP contribution in [0.5, 0.6) is 5.75 Å². The van der Waals surface area contributed by atoms with Gasteiger partial charge in [-0.15, -0.1) is 0 Å². The summed E-state index contributed by atoms with van der Waals surface area (Å²) in [4.78, 5) is 12.6. The molecule has 4 aliphatic rings. The van der Waals surface area contributed by atoms with Gasteiger partial charge in [-0.05, 0) is 142 Å². The minimum absolute atomic E-state index is 0.0820. The Morgan fingerprint density at radius 2 is 1.70 bits per heavy atom. The Hall–Kier alpha value is -0.990. The zero-order valence-electron chi connectivity index (χ0n) is 29.3. The van der Waals surface area contributed by atoms with Crippen LogP contribution in [0.3, 0.4) is 0 Å². The summed E-state index contributed by atoms with van der Waals surface area (Å²) in [5.74, 6) is 2.81. The monoisotopic (exact) mass is 695 g/mol. The lowest BCUT2D eigenvalue weighted by Gasteiger charge is -2.64. The first kappa shape index (κ1) is 37.3. The van der Waals surface area contributed by atoms with E-state index in [0.29, 0.717) is 59.3 Å². The molecule has 0 heterocycles. The second kappa shape index (κ2) is 15.1. The van der Waals surface area contributed by atoms with E-state index >= 15 is 0 Å². The third kappa shape index (κ3) is 7.55. The van der Waals surface area contributed by atoms with E-state index in [1.54, 1.807) is 31.2 Å². The third-order valence-electron chi connectivity index (χ3n) is 13.3. The summed E-state index contributed by atoms with van der Waals surface area (Å²) in [6.45, 7) is 13.5. The Kier molecular flexibility index (Phi) is 12.0. The van der Waals surface area contributed by atoms with Gasteiger partial charge in [-0.2, -0.15) is 0 Å². The second-order valence-electron chi connectivity index (χ2n) is 15.7. The number of fused-ring (bicyclic) bond motifs is 5. The van der Waals surface area contributed by atoms with E-state index in [1.807, 2.05) is 6.92 Å². The molecule has 13 atom stereocenters. The van der Waals surface area contributed by atoms with Crippen molar-refractivity contribution in [1.29, 1.82) is 0 Å². The molecular weight excluding hydrogens is 637 g/mol. The van der Waals surface area contributed by atoms with Crippen LogP contribution in [0.4, 0.5) is 0 Å². The van der Waals surface area contributed by atoms with Gasteiger partial charge in [0.05, 0.1) is 24.9 Å². The Labute approximate surface area is 287 Å². The molecule has 0 bridgehead atoms. The summed E-state index contributed by atoms with van der Waals surface area (Å²) in [7, 11) is -3.92. The van der Waals surface area contributed by atoms with Crippen LogP contribution in [0.2, 0.25) is 5.02 Å². The normalized spacial score (nSPS) is 39.2. The summed E-state index contributed by atoms with van der Waals surface area (Å²) in [6, 6.07) is 5.79. The molecule has 4 fully saturated rings. The summed E-state index contributed by atoms with van der Waals surface area (Å²) >= 11 is 6.05. The number of aliphatic hydroxyl groups excluding tert-OH is 2. The summed E-state index contributed by atoms with van der Waals surface area (Å²) in [6.07, 6.45) is 8.42. The zero-order chi connectivity index (χ0) is 34.1. The van der Waals surface area contributed by atoms with Crippen LogP contribution < -0.4 is 9.61 Å². The van der Waals surface area contributed by atoms with Crippen LogP contribution in [0.15, 0.2) is 24.3 Å². The quantitative estimate of drug-likeness (QED) is 0.168. The van der Waals surface area contributed by atoms with Gasteiger partial charge in [-0.25, -0.2) is 9.65 Å². The van der Waals surface area contributed by atoms with Gasteiger partial charge in [0.1, 0.15) is 12.4 Å². The molecule has 1 aromatic carbocycles. The molecule has 0 radical (unpaired) electrons. The van der Waals surface area contributed by atoms with E-state index in [2.05, 4.69) is 32.8 Å². The first-order valence-electron chi connectivity index (χ1n) is 18.2. The Morgan fingerprint density at radius 1 is 1.02 bits per heavy atom. The van der Waals surface area contributed by atoms with E-state index in [4.69, 9.17) is 25.4 Å². The molecule has 47 heavy (non-hydrogen) atoms. The molecule has 10 heteroatoms. The number of carbonyl (C=O) groups is 1. The molecule has 4 aliphatic carbocycles. The summed E-state index contributed by atoms with van der Waals surface area (Å²) < 4.78 is 31.2. The fourth-order valence-electron chi connectivity index (χ4n) is 10.9. The van der Waals surface area contributed by atoms with Crippen LogP contribution in [-0.4, -0.2) is 54.1 Å². The Morgan fingerprint density at radius 3 is 2.38 bits per heavy atom. The predicted molar refractivity (Wildman–Crippen MR) is 185 cm³/mol. The number of benzene rings is 1. The second-order valence-corrected chi connectivity index (χ2v) is 17.8. The van der Waals surface area contributed by atoms with Gasteiger partial charge in [0.15, 0.2) is 5.78 Å². The molecular formula is C37H59ClNO7P. The van der Waals surface area contributed by atoms with Gasteiger partial charge in [-0.1, -0.05) is 45.7 Å². The van der Waals surface area contributed by atoms with Crippen LogP contribution in [0, 0.1) is 52.3 Å². The molecule has 0 aliphatic heterocycles. The zero-order valence-corrected chi connectivity index (χ0v) is 31.0. The maximum atomic E-state index is 14.0. The maximum absolute atomic E-state index is 14.0. The standard InChI is InChI=1S/C37H59ClNO7P/c1-7-28-32-21-26(40)15-18-37(32,6)31-16-19-36(5)29(13-14-30(36)34(31)35(28)42)23(3)17-20-45-47(43,39-24(4)33(41)22-44-8-2)46-27-11-9-25(38)10-12-27/h9-12,23-24,26,28-32,34-35,40,42H,7-8,13-22H2,1-6H3,(H,39,43)/t23-,24+,26-,28-,29-,30?,31?,32?,34?,35-,36-,37-,47-/m1/s1. The number of Topliss-reactive ketones (excluding diaryl/α,β-unsaturated/α-hetero) is 1. The number of hydrogen-bond acceptors (Lipinski definition) is 7. The van der Waals surface area contributed by atoms with Crippen molar-refractivity contribution < 1.29 is 33.4 Å². The number of carbonyl (C=O) groups excluding carboxylic acids is 1. The highest BCUT2D eigenvalue weighted by Gasteiger charge is 2.64. The van der Waals surface area contributed by atoms with Gasteiger partial charge in [0, 0.05) is 11.6 Å². The highest BCUT2D eigenvalue weighted by Crippen LogP contribution is 2.69. The average molecular weight is 696 g/mol. The molecule has 5 rings (SSSR count). The molecule has 0 saturated heterocycles. The van der Waals surface area contributed by atoms with Crippen molar-refractivity contribution in [2.45, 2.75) is 118 Å². The van der Waals surface area contributed by atoms with Crippen LogP contribution in [0.1, 0.15) is 99.3 Å². The smallest absolute Gasteiger partial charge is 0.413 e. The SMILES string of the molecule is CCOCC(=O)[C@H](C)N[P@@](=O)(OCC[C@@H](C)[C@H]1CCC2C3C(CC[C@@]21C)[C@@]1(C)CC[C@@H](O)CC1[C@@H](CC)[C@H]3O)Oc1ccc(Cl)cc1. The lowest BCUT2D eigenvalue weighted by Crippen LogP contribution is -2.62. The first-order valence-corrected chi connectivity index (χ1v) is 20.1. The van der Waals surface area contributed by atoms with Gasteiger partial charge >= 0.3 is 7.75 Å². The molecule has 0 amide bonds. The fraction of sp³-hybridized carbons (Fsp3) is 0.811. The third-order valence-corrected chi connectivity index (χ3v) is 15.2. The number of nitrogens with one attached hydrogen (secondary N) is 1. The van der Waals surface area contributed by atoms with Crippen molar-refractivity contribution in [3.63, 3.8) is 0 Å². The Bertz CT molecular complexity index is 1270. The van der Waals surface area contributed by atoms with Gasteiger partial charge < -0.3 is 19.5 Å². The van der Waals surface area contributed by atoms with Crippen molar-refractivity contribution in [3.05, 3.63) is 29.3 Å². The molecule has 3 N–H and O–H groups in total. The first-order chi connectivity index (χ1) is 22.3. The average Bonchev–Trinajstić information content (AvgIpc) is 3.39. The molecule has 4 saturated carbocycles. The minimum atomic E-state index is -3.92. The van der Waals surface area contributed by atoms with Crippen molar-refractivity contribution in [1.82, 2.24) is 5.09 Å². The Balaban J connectivity index is 1.26. The number of aliphatic hydroxyl groups is 2. The number of rotatable bonds is 14. The highest BCUT2D eigenvalue weighted by molar-refractivity contribution is 7.52. The van der Waals surface area contributed by atoms with Crippen molar-refractivity contribution in [2.24, 2.45) is 52.3 Å². The number of halogens is 1. The lowest BCUT2D eigenvalue weighted by atomic mass is 9.41. The van der Waals surface area contributed by atoms with Crippen molar-refractivity contribution in [2.75, 3.05) is 19.8 Å². The number of ketones is 1. The molecule has 8 nitrogen and oxygen atoms in total. The van der Waals surface area contributed by atoms with E-state index in [0.717, 1.165) is 51.4 Å². The van der Waals surface area contributed by atoms with Gasteiger partial charge in [0.25, 0.3) is 0 Å². The molecule has 1 aromatic rings. The van der Waals surface area contributed by atoms with Gasteiger partial charge in [-0.3, -0.25) is 9.32 Å². The topological polar surface area (TPSA) is 114 Å². The fourth-order valence-corrected chi connectivity index (χ4v) is 12.5. The molecule has 4 unspecified atom stereocenters. The summed E-state index contributed by atoms with van der Waals surface area (Å²) in [5, 5.41) is 26.0. The van der Waals surface area contributed by atoms with E-state index in [9.17, 15) is 19.6 Å². The van der Waals surface area contributed by atoms with Gasteiger partial charge in [0.2, 0.25) is 0 Å². The number of hydrogen-bond donors (Lipinski definition) is 3. The molecule has 0 aromatic heterocycles. The van der Waals surface area contributed by atoms with Crippen molar-refractivity contribution in [3.8, 4) is 5.75 Å². The van der Waals surface area contributed by atoms with Crippen LogP contribution in [0.25, 0.3) is 0 Å². The molecule has 266 valence electrons. The van der Waals surface area contributed by atoms with Crippen LogP contribution >= 0.6 is 19.3 Å². The van der Waals surface area contributed by atoms with Crippen molar-refractivity contribution >= 4 is 25.1 Å². The minimum Gasteiger partial charge on any atom is -0.413 e. The highest BCUT2D eigenvalue weighted by atomic mass is 35.5. The largest absolute Gasteiger partial charge is 0.459 e. The van der Waals surface area contributed by atoms with E-state index in [1.165, 1.54) is 0 Å². The molecule has 0 spiro atoms. The van der Waals surface area contributed by atoms with E-state index < -0.39 is 13.8 Å². The van der Waals surface area contributed by atoms with E-state index in [-0.39, 0.29) is 48.0 Å².